The van der Waals surface area contributed by atoms with Gasteiger partial charge in [0.2, 0.25) is 0 Å². The SMILES string of the molecule is [CH2+]c1ccc(S(=O)(=O)Cl)cc1. The van der Waals surface area contributed by atoms with Crippen LogP contribution in [0.5, 0.6) is 0 Å². The van der Waals surface area contributed by atoms with Crippen LogP contribution >= 0.6 is 10.7 Å². The van der Waals surface area contributed by atoms with Crippen molar-refractivity contribution in [2.24, 2.45) is 0 Å². The van der Waals surface area contributed by atoms with Gasteiger partial charge >= 0.3 is 0 Å². The first kappa shape index (κ1) is 8.43. The van der Waals surface area contributed by atoms with Gasteiger partial charge in [-0.25, -0.2) is 8.42 Å². The molecule has 0 heterocycles. The van der Waals surface area contributed by atoms with Crippen LogP contribution in [-0.4, -0.2) is 8.42 Å². The quantitative estimate of drug-likeness (QED) is 0.499. The first-order valence-electron chi connectivity index (χ1n) is 2.87. The van der Waals surface area contributed by atoms with Gasteiger partial charge < -0.3 is 0 Å². The number of benzene rings is 1. The second kappa shape index (κ2) is 2.75. The molecule has 11 heavy (non-hydrogen) atoms. The summed E-state index contributed by atoms with van der Waals surface area (Å²) in [5.41, 5.74) is 0.758. The molecule has 4 heteroatoms. The van der Waals surface area contributed by atoms with E-state index in [2.05, 4.69) is 6.92 Å². The highest BCUT2D eigenvalue weighted by molar-refractivity contribution is 8.13. The summed E-state index contributed by atoms with van der Waals surface area (Å²) in [4.78, 5) is 0.103. The van der Waals surface area contributed by atoms with Gasteiger partial charge in [-0.3, -0.25) is 0 Å². The molecule has 1 aromatic rings. The monoisotopic (exact) mass is 189 g/mol. The predicted octanol–water partition coefficient (Wildman–Crippen LogP) is 1.80. The third kappa shape index (κ3) is 2.13. The standard InChI is InChI=1S/C7H6ClO2S/c1-6-2-4-7(5-3-6)11(8,9)10/h2-5H,1H2/q+1. The van der Waals surface area contributed by atoms with E-state index in [-0.39, 0.29) is 4.90 Å². The van der Waals surface area contributed by atoms with Crippen molar-refractivity contribution in [3.8, 4) is 0 Å². The van der Waals surface area contributed by atoms with Crippen molar-refractivity contribution in [1.82, 2.24) is 0 Å². The fourth-order valence-electron chi connectivity index (χ4n) is 0.652. The minimum Gasteiger partial charge on any atom is -0.207 e. The molecule has 0 fully saturated rings. The lowest BCUT2D eigenvalue weighted by atomic mass is 10.2. The Balaban J connectivity index is 3.20. The van der Waals surface area contributed by atoms with Gasteiger partial charge in [-0.05, 0) is 0 Å². The lowest BCUT2D eigenvalue weighted by Crippen LogP contribution is -1.89. The first-order chi connectivity index (χ1) is 5.00. The number of hydrogen-bond donors (Lipinski definition) is 0. The maximum atomic E-state index is 10.7. The Morgan fingerprint density at radius 3 is 2.00 bits per heavy atom. The molecule has 0 bridgehead atoms. The second-order valence-electron chi connectivity index (χ2n) is 2.08. The highest BCUT2D eigenvalue weighted by atomic mass is 35.7. The van der Waals surface area contributed by atoms with E-state index in [9.17, 15) is 8.42 Å². The highest BCUT2D eigenvalue weighted by Crippen LogP contribution is 2.14. The molecule has 0 unspecified atom stereocenters. The third-order valence-corrected chi connectivity index (χ3v) is 2.57. The molecule has 58 valence electrons. The van der Waals surface area contributed by atoms with E-state index in [1.165, 1.54) is 12.1 Å². The minimum atomic E-state index is -3.58. The van der Waals surface area contributed by atoms with Crippen molar-refractivity contribution in [1.29, 1.82) is 0 Å². The Kier molecular flexibility index (Phi) is 2.11. The Labute approximate surface area is 70.2 Å². The van der Waals surface area contributed by atoms with E-state index in [0.717, 1.165) is 5.56 Å². The summed E-state index contributed by atoms with van der Waals surface area (Å²) in [7, 11) is 1.49. The average Bonchev–Trinajstić information content (AvgIpc) is 1.86. The van der Waals surface area contributed by atoms with Crippen LogP contribution in [0, 0.1) is 6.92 Å². The molecule has 0 spiro atoms. The van der Waals surface area contributed by atoms with Gasteiger partial charge in [0.15, 0.2) is 0 Å². The number of rotatable bonds is 1. The molecule has 1 aromatic carbocycles. The molecule has 0 N–H and O–H groups in total. The van der Waals surface area contributed by atoms with Crippen molar-refractivity contribution in [3.63, 3.8) is 0 Å². The van der Waals surface area contributed by atoms with Crippen LogP contribution in [0.25, 0.3) is 0 Å². The minimum absolute atomic E-state index is 0.103. The molecule has 0 aromatic heterocycles. The third-order valence-electron chi connectivity index (χ3n) is 1.20. The molecule has 0 aliphatic heterocycles. The molecule has 0 aliphatic rings. The molecular weight excluding hydrogens is 184 g/mol. The summed E-state index contributed by atoms with van der Waals surface area (Å²) >= 11 is 0. The van der Waals surface area contributed by atoms with Crippen LogP contribution in [0.1, 0.15) is 5.56 Å². The second-order valence-corrected chi connectivity index (χ2v) is 4.65. The molecule has 0 amide bonds. The van der Waals surface area contributed by atoms with Crippen molar-refractivity contribution in [3.05, 3.63) is 36.8 Å². The summed E-state index contributed by atoms with van der Waals surface area (Å²) in [6, 6.07) is 6.03. The largest absolute Gasteiger partial charge is 0.263 e. The normalized spacial score (nSPS) is 11.4. The molecule has 0 aliphatic carbocycles. The van der Waals surface area contributed by atoms with E-state index < -0.39 is 9.05 Å². The van der Waals surface area contributed by atoms with E-state index in [4.69, 9.17) is 10.7 Å². The Morgan fingerprint density at radius 1 is 1.18 bits per heavy atom. The Bertz CT molecular complexity index is 339. The van der Waals surface area contributed by atoms with Crippen LogP contribution in [0.2, 0.25) is 0 Å². The predicted molar refractivity (Wildman–Crippen MR) is 43.9 cm³/mol. The van der Waals surface area contributed by atoms with Crippen LogP contribution < -0.4 is 0 Å². The van der Waals surface area contributed by atoms with Crippen LogP contribution in [0.4, 0.5) is 0 Å². The maximum absolute atomic E-state index is 10.7. The summed E-state index contributed by atoms with van der Waals surface area (Å²) in [5, 5.41) is 0. The summed E-state index contributed by atoms with van der Waals surface area (Å²) in [6.45, 7) is 3.61. The zero-order valence-corrected chi connectivity index (χ0v) is 7.19. The molecule has 0 saturated carbocycles. The molecule has 0 radical (unpaired) electrons. The van der Waals surface area contributed by atoms with Gasteiger partial charge in [-0.15, -0.1) is 0 Å². The van der Waals surface area contributed by atoms with Crippen molar-refractivity contribution >= 4 is 19.7 Å². The van der Waals surface area contributed by atoms with E-state index in [1.54, 1.807) is 12.1 Å². The topological polar surface area (TPSA) is 34.1 Å². The fraction of sp³-hybridized carbons (Fsp3) is 0. The molecule has 2 nitrogen and oxygen atoms in total. The number of hydrogen-bond acceptors (Lipinski definition) is 2. The van der Waals surface area contributed by atoms with Gasteiger partial charge in [0.1, 0.15) is 10.5 Å². The maximum Gasteiger partial charge on any atom is 0.263 e. The number of halogens is 1. The van der Waals surface area contributed by atoms with Gasteiger partial charge in [0, 0.05) is 41.9 Å². The average molecular weight is 190 g/mol. The molecule has 0 atom stereocenters. The summed E-state index contributed by atoms with van der Waals surface area (Å²) < 4.78 is 21.4. The van der Waals surface area contributed by atoms with Gasteiger partial charge in [0.05, 0.1) is 0 Å². The van der Waals surface area contributed by atoms with E-state index >= 15 is 0 Å². The lowest BCUT2D eigenvalue weighted by Gasteiger charge is -1.89. The Hall–Kier alpha value is -0.670. The van der Waals surface area contributed by atoms with Crippen LogP contribution in [0.3, 0.4) is 0 Å². The van der Waals surface area contributed by atoms with E-state index in [1.807, 2.05) is 0 Å². The lowest BCUT2D eigenvalue weighted by molar-refractivity contribution is 0.609. The zero-order chi connectivity index (χ0) is 8.48. The zero-order valence-electron chi connectivity index (χ0n) is 5.62. The van der Waals surface area contributed by atoms with Crippen molar-refractivity contribution in [2.75, 3.05) is 0 Å². The van der Waals surface area contributed by atoms with Crippen molar-refractivity contribution in [2.45, 2.75) is 4.90 Å². The molecular formula is C7H6ClO2S+. The Morgan fingerprint density at radius 2 is 1.64 bits per heavy atom. The van der Waals surface area contributed by atoms with Crippen molar-refractivity contribution < 1.29 is 8.42 Å². The van der Waals surface area contributed by atoms with Crippen LogP contribution in [-0.2, 0) is 9.05 Å². The molecule has 1 rings (SSSR count). The van der Waals surface area contributed by atoms with Gasteiger partial charge in [0.25, 0.3) is 9.05 Å². The highest BCUT2D eigenvalue weighted by Gasteiger charge is 2.10. The summed E-state index contributed by atoms with van der Waals surface area (Å²) in [6.07, 6.45) is 0. The van der Waals surface area contributed by atoms with Crippen LogP contribution in [0.15, 0.2) is 29.2 Å². The molecule has 0 saturated heterocycles. The van der Waals surface area contributed by atoms with Gasteiger partial charge in [-0.1, -0.05) is 0 Å². The van der Waals surface area contributed by atoms with Gasteiger partial charge in [-0.2, -0.15) is 0 Å². The van der Waals surface area contributed by atoms with E-state index in [0.29, 0.717) is 0 Å². The smallest absolute Gasteiger partial charge is 0.207 e. The fourth-order valence-corrected chi connectivity index (χ4v) is 1.42. The first-order valence-corrected chi connectivity index (χ1v) is 5.18. The summed E-state index contributed by atoms with van der Waals surface area (Å²) in [5.74, 6) is 0.